The number of halogens is 3. The van der Waals surface area contributed by atoms with E-state index < -0.39 is 17.7 Å². The van der Waals surface area contributed by atoms with Crippen molar-refractivity contribution < 1.29 is 27.8 Å². The van der Waals surface area contributed by atoms with Gasteiger partial charge in [-0.05, 0) is 44.7 Å². The number of imidazole rings is 1. The van der Waals surface area contributed by atoms with Crippen molar-refractivity contribution in [1.29, 1.82) is 0 Å². The number of carbonyl (C=O) groups is 1. The lowest BCUT2D eigenvalue weighted by molar-refractivity contribution is -0.139. The quantitative estimate of drug-likeness (QED) is 0.179. The second kappa shape index (κ2) is 14.0. The number of piperazine rings is 1. The highest BCUT2D eigenvalue weighted by Crippen LogP contribution is 2.46. The van der Waals surface area contributed by atoms with Crippen LogP contribution in [0, 0.1) is 5.41 Å². The Morgan fingerprint density at radius 3 is 2.51 bits per heavy atom. The fourth-order valence-corrected chi connectivity index (χ4v) is 7.82. The third-order valence-corrected chi connectivity index (χ3v) is 10.6. The number of ether oxygens (including phenoxy) is 1. The summed E-state index contributed by atoms with van der Waals surface area (Å²) in [5, 5.41) is 9.07. The van der Waals surface area contributed by atoms with Gasteiger partial charge in [-0.25, -0.2) is 19.9 Å². The molecule has 1 atom stereocenters. The van der Waals surface area contributed by atoms with Crippen LogP contribution in [0.25, 0.3) is 33.9 Å². The Labute approximate surface area is 294 Å². The number of pyridine rings is 2. The molecule has 1 aliphatic heterocycles. The maximum Gasteiger partial charge on any atom is 0.418 e. The number of carboxylic acid groups (broad SMARTS) is 1. The summed E-state index contributed by atoms with van der Waals surface area (Å²) >= 11 is 0. The molecule has 1 saturated heterocycles. The first-order valence-corrected chi connectivity index (χ1v) is 17.6. The average molecular weight is 708 g/mol. The Morgan fingerprint density at radius 2 is 1.86 bits per heavy atom. The summed E-state index contributed by atoms with van der Waals surface area (Å²) in [7, 11) is 3.71. The Bertz CT molecular complexity index is 1870. The topological polar surface area (TPSA) is 136 Å². The van der Waals surface area contributed by atoms with Crippen LogP contribution in [-0.2, 0) is 15.7 Å². The van der Waals surface area contributed by atoms with E-state index in [0.717, 1.165) is 37.9 Å². The Hall–Kier alpha value is -4.37. The molecule has 2 N–H and O–H groups in total. The zero-order valence-electron chi connectivity index (χ0n) is 29.2. The summed E-state index contributed by atoms with van der Waals surface area (Å²) in [4.78, 5) is 44.1. The zero-order valence-corrected chi connectivity index (χ0v) is 29.2. The molecule has 272 valence electrons. The van der Waals surface area contributed by atoms with E-state index in [4.69, 9.17) is 24.8 Å². The molecule has 0 aromatic carbocycles. The van der Waals surface area contributed by atoms with Crippen LogP contribution < -0.4 is 9.80 Å². The van der Waals surface area contributed by atoms with Gasteiger partial charge in [0.05, 0.1) is 48.1 Å². The van der Waals surface area contributed by atoms with Crippen molar-refractivity contribution in [3.63, 3.8) is 0 Å². The monoisotopic (exact) mass is 707 g/mol. The van der Waals surface area contributed by atoms with Gasteiger partial charge >= 0.3 is 12.1 Å². The minimum Gasteiger partial charge on any atom is -0.481 e. The van der Waals surface area contributed by atoms with E-state index in [1.54, 1.807) is 19.5 Å². The predicted molar refractivity (Wildman–Crippen MR) is 187 cm³/mol. The lowest BCUT2D eigenvalue weighted by atomic mass is 9.86. The number of aromatic amines is 1. The smallest absolute Gasteiger partial charge is 0.418 e. The molecular formula is C36H44F3N9O3. The largest absolute Gasteiger partial charge is 0.481 e. The number of fused-ring (bicyclic) bond motifs is 1. The maximum absolute atomic E-state index is 14.2. The van der Waals surface area contributed by atoms with Gasteiger partial charge in [0.1, 0.15) is 17.0 Å². The van der Waals surface area contributed by atoms with E-state index in [9.17, 15) is 18.0 Å². The summed E-state index contributed by atoms with van der Waals surface area (Å²) in [5.74, 6) is 0.194. The number of anilines is 2. The minimum atomic E-state index is -4.53. The van der Waals surface area contributed by atoms with Gasteiger partial charge < -0.3 is 24.6 Å². The molecule has 0 spiro atoms. The van der Waals surface area contributed by atoms with Crippen LogP contribution in [0.3, 0.4) is 0 Å². The number of methoxy groups -OCH3 is 1. The normalized spacial score (nSPS) is 19.6. The van der Waals surface area contributed by atoms with Gasteiger partial charge in [0.15, 0.2) is 11.5 Å². The van der Waals surface area contributed by atoms with E-state index >= 15 is 0 Å². The molecule has 3 fully saturated rings. The van der Waals surface area contributed by atoms with E-state index in [1.807, 2.05) is 13.1 Å². The van der Waals surface area contributed by atoms with Crippen molar-refractivity contribution in [1.82, 2.24) is 34.8 Å². The molecule has 0 unspecified atom stereocenters. The number of aromatic nitrogens is 6. The molecule has 3 aliphatic rings. The lowest BCUT2D eigenvalue weighted by Crippen LogP contribution is -2.52. The van der Waals surface area contributed by atoms with Gasteiger partial charge in [0.2, 0.25) is 0 Å². The van der Waals surface area contributed by atoms with Crippen LogP contribution >= 0.6 is 0 Å². The molecule has 15 heteroatoms. The number of H-pyrrole nitrogens is 1. The highest BCUT2D eigenvalue weighted by molar-refractivity contribution is 5.91. The van der Waals surface area contributed by atoms with E-state index in [-0.39, 0.29) is 35.1 Å². The van der Waals surface area contributed by atoms with Gasteiger partial charge in [-0.15, -0.1) is 0 Å². The van der Waals surface area contributed by atoms with Crippen LogP contribution in [-0.4, -0.2) is 105 Å². The average Bonchev–Trinajstić information content (AvgIpc) is 3.70. The van der Waals surface area contributed by atoms with Gasteiger partial charge in [0, 0.05) is 76.0 Å². The van der Waals surface area contributed by atoms with E-state index in [0.29, 0.717) is 79.8 Å². The molecule has 0 radical (unpaired) electrons. The van der Waals surface area contributed by atoms with Crippen LogP contribution in [0.15, 0.2) is 30.7 Å². The molecule has 12 nitrogen and oxygen atoms in total. The first kappa shape index (κ1) is 35.1. The van der Waals surface area contributed by atoms with Crippen molar-refractivity contribution in [3.8, 4) is 22.8 Å². The molecule has 0 amide bonds. The Kier molecular flexibility index (Phi) is 9.61. The van der Waals surface area contributed by atoms with Crippen LogP contribution in [0.1, 0.15) is 69.0 Å². The van der Waals surface area contributed by atoms with Crippen LogP contribution in [0.5, 0.6) is 0 Å². The molecule has 4 aromatic heterocycles. The summed E-state index contributed by atoms with van der Waals surface area (Å²) in [5.41, 5.74) is 2.25. The molecule has 0 bridgehead atoms. The van der Waals surface area contributed by atoms with E-state index in [2.05, 4.69) is 36.6 Å². The van der Waals surface area contributed by atoms with Crippen LogP contribution in [0.2, 0.25) is 0 Å². The SMILES string of the molecule is COCC1(CN(C)c2cc(-c3cnc(C4CC4)c(C(F)(F)F)c3)nc3nc(-c4cnc(N5CCN(CCC(=O)O)[C@@H](C)C5)cn4)[nH]c23)CCCC1. The molecule has 5 heterocycles. The number of rotatable bonds is 12. The number of aliphatic carboxylic acids is 1. The Morgan fingerprint density at radius 1 is 1.08 bits per heavy atom. The second-order valence-electron chi connectivity index (χ2n) is 14.5. The second-order valence-corrected chi connectivity index (χ2v) is 14.5. The summed E-state index contributed by atoms with van der Waals surface area (Å²) in [6.45, 7) is 6.00. The van der Waals surface area contributed by atoms with Crippen molar-refractivity contribution in [2.75, 3.05) is 63.3 Å². The van der Waals surface area contributed by atoms with Gasteiger partial charge in [0.25, 0.3) is 0 Å². The lowest BCUT2D eigenvalue weighted by Gasteiger charge is -2.40. The number of nitrogens with zero attached hydrogens (tertiary/aromatic N) is 8. The van der Waals surface area contributed by atoms with E-state index in [1.165, 1.54) is 12.3 Å². The van der Waals surface area contributed by atoms with Crippen molar-refractivity contribution in [3.05, 3.63) is 42.0 Å². The molecule has 4 aromatic rings. The first-order chi connectivity index (χ1) is 24.4. The summed E-state index contributed by atoms with van der Waals surface area (Å²) in [6, 6.07) is 3.15. The Balaban J connectivity index is 1.21. The summed E-state index contributed by atoms with van der Waals surface area (Å²) < 4.78 is 48.4. The standard InChI is InChI=1S/C36H44F3N9O3/c1-22-19-48(13-12-47(22)11-8-30(49)50)29-18-40-27(17-41-29)33-44-32-28(46(2)20-35(21-51-3)9-4-5-10-35)15-26(43-34(32)45-33)24-14-25(36(37,38)39)31(42-16-24)23-6-7-23/h14-18,22-23H,4-13,19-21H2,1-3H3,(H,49,50)(H,43,44,45)/t22-/m0/s1. The third kappa shape index (κ3) is 7.50. The fraction of sp³-hybridized carbons (Fsp3) is 0.556. The number of hydrogen-bond acceptors (Lipinski definition) is 10. The van der Waals surface area contributed by atoms with Crippen LogP contribution in [0.4, 0.5) is 24.7 Å². The molecular weight excluding hydrogens is 663 g/mol. The van der Waals surface area contributed by atoms with Gasteiger partial charge in [-0.2, -0.15) is 13.2 Å². The minimum absolute atomic E-state index is 0.0421. The number of nitrogens with one attached hydrogen (secondary N) is 1. The molecule has 51 heavy (non-hydrogen) atoms. The van der Waals surface area contributed by atoms with Gasteiger partial charge in [-0.1, -0.05) is 12.8 Å². The number of carboxylic acids is 1. The van der Waals surface area contributed by atoms with Crippen molar-refractivity contribution >= 4 is 28.6 Å². The van der Waals surface area contributed by atoms with Crippen molar-refractivity contribution in [2.24, 2.45) is 5.41 Å². The van der Waals surface area contributed by atoms with Crippen molar-refractivity contribution in [2.45, 2.75) is 70.0 Å². The first-order valence-electron chi connectivity index (χ1n) is 17.6. The molecule has 2 aliphatic carbocycles. The molecule has 2 saturated carbocycles. The summed E-state index contributed by atoms with van der Waals surface area (Å²) in [6.07, 6.45) is 6.15. The zero-order chi connectivity index (χ0) is 35.9. The number of hydrogen-bond donors (Lipinski definition) is 2. The fourth-order valence-electron chi connectivity index (χ4n) is 7.82. The highest BCUT2D eigenvalue weighted by Gasteiger charge is 2.40. The number of alkyl halides is 3. The highest BCUT2D eigenvalue weighted by atomic mass is 19.4. The maximum atomic E-state index is 14.2. The predicted octanol–water partition coefficient (Wildman–Crippen LogP) is 6.00. The third-order valence-electron chi connectivity index (χ3n) is 10.6. The molecule has 7 rings (SSSR count). The van der Waals surface area contributed by atoms with Gasteiger partial charge in [-0.3, -0.25) is 14.7 Å².